The summed E-state index contributed by atoms with van der Waals surface area (Å²) in [5.74, 6) is 0.0602. The quantitative estimate of drug-likeness (QED) is 0.323. The van der Waals surface area contributed by atoms with Crippen LogP contribution in [0, 0.1) is 9.39 Å². The highest BCUT2D eigenvalue weighted by atomic mass is 127. The SMILES string of the molecule is CCOc1cc(/C=C2\N=C(c3ccccc3F)OC2=O)cc(I)c1OC(C)C. The average Bonchev–Trinajstić information content (AvgIpc) is 2.99. The number of nitrogens with zero attached hydrogens (tertiary/aromatic N) is 1. The van der Waals surface area contributed by atoms with Gasteiger partial charge in [-0.05, 0) is 79.3 Å². The maximum atomic E-state index is 13.9. The lowest BCUT2D eigenvalue weighted by molar-refractivity contribution is -0.129. The van der Waals surface area contributed by atoms with Gasteiger partial charge in [-0.25, -0.2) is 14.2 Å². The molecule has 2 aromatic rings. The summed E-state index contributed by atoms with van der Waals surface area (Å²) in [6, 6.07) is 9.65. The van der Waals surface area contributed by atoms with E-state index in [0.717, 1.165) is 3.57 Å². The van der Waals surface area contributed by atoms with Crippen LogP contribution in [0.2, 0.25) is 0 Å². The van der Waals surface area contributed by atoms with Crippen molar-refractivity contribution in [2.24, 2.45) is 4.99 Å². The average molecular weight is 495 g/mol. The van der Waals surface area contributed by atoms with Crippen molar-refractivity contribution in [2.45, 2.75) is 26.9 Å². The number of hydrogen-bond donors (Lipinski definition) is 0. The first-order valence-corrected chi connectivity index (χ1v) is 9.87. The predicted molar refractivity (Wildman–Crippen MR) is 113 cm³/mol. The maximum Gasteiger partial charge on any atom is 0.363 e. The van der Waals surface area contributed by atoms with Gasteiger partial charge < -0.3 is 14.2 Å². The Bertz CT molecular complexity index is 969. The summed E-state index contributed by atoms with van der Waals surface area (Å²) in [7, 11) is 0. The molecular weight excluding hydrogens is 476 g/mol. The third-order valence-corrected chi connectivity index (χ3v) is 4.51. The minimum atomic E-state index is -0.631. The number of esters is 1. The van der Waals surface area contributed by atoms with Crippen molar-refractivity contribution < 1.29 is 23.4 Å². The van der Waals surface area contributed by atoms with Crippen molar-refractivity contribution in [2.75, 3.05) is 6.61 Å². The van der Waals surface area contributed by atoms with Gasteiger partial charge in [0.2, 0.25) is 5.90 Å². The molecule has 5 nitrogen and oxygen atoms in total. The first-order chi connectivity index (χ1) is 13.4. The van der Waals surface area contributed by atoms with Crippen LogP contribution in [0.25, 0.3) is 6.08 Å². The molecule has 0 N–H and O–H groups in total. The molecule has 146 valence electrons. The van der Waals surface area contributed by atoms with Crippen LogP contribution >= 0.6 is 22.6 Å². The number of carbonyl (C=O) groups excluding carboxylic acids is 1. The van der Waals surface area contributed by atoms with Gasteiger partial charge in [0.15, 0.2) is 17.2 Å². The van der Waals surface area contributed by atoms with E-state index in [9.17, 15) is 9.18 Å². The largest absolute Gasteiger partial charge is 0.490 e. The second kappa shape index (κ2) is 8.72. The van der Waals surface area contributed by atoms with E-state index in [0.29, 0.717) is 23.7 Å². The number of hydrogen-bond acceptors (Lipinski definition) is 5. The molecule has 0 unspecified atom stereocenters. The van der Waals surface area contributed by atoms with E-state index in [1.807, 2.05) is 26.8 Å². The van der Waals surface area contributed by atoms with Crippen LogP contribution in [0.15, 0.2) is 47.1 Å². The molecule has 0 aromatic heterocycles. The van der Waals surface area contributed by atoms with Crippen LogP contribution in [0.1, 0.15) is 31.9 Å². The molecule has 3 rings (SSSR count). The second-order valence-electron chi connectivity index (χ2n) is 6.25. The minimum absolute atomic E-state index is 0.00494. The number of aliphatic imine (C=N–C) groups is 1. The van der Waals surface area contributed by atoms with Crippen molar-refractivity contribution in [1.29, 1.82) is 0 Å². The summed E-state index contributed by atoms with van der Waals surface area (Å²) in [4.78, 5) is 16.4. The Morgan fingerprint density at radius 1 is 1.29 bits per heavy atom. The number of rotatable bonds is 6. The molecular formula is C21H19FINO4. The van der Waals surface area contributed by atoms with Crippen molar-refractivity contribution in [1.82, 2.24) is 0 Å². The van der Waals surface area contributed by atoms with Crippen LogP contribution in [0.4, 0.5) is 4.39 Å². The lowest BCUT2D eigenvalue weighted by Crippen LogP contribution is -2.09. The molecule has 0 atom stereocenters. The van der Waals surface area contributed by atoms with Crippen LogP contribution in [0.3, 0.4) is 0 Å². The smallest absolute Gasteiger partial charge is 0.363 e. The minimum Gasteiger partial charge on any atom is -0.490 e. The molecule has 0 radical (unpaired) electrons. The zero-order chi connectivity index (χ0) is 20.3. The Balaban J connectivity index is 1.98. The summed E-state index contributed by atoms with van der Waals surface area (Å²) >= 11 is 2.16. The van der Waals surface area contributed by atoms with E-state index in [1.165, 1.54) is 12.1 Å². The van der Waals surface area contributed by atoms with E-state index in [-0.39, 0.29) is 23.3 Å². The summed E-state index contributed by atoms with van der Waals surface area (Å²) in [6.07, 6.45) is 1.58. The zero-order valence-corrected chi connectivity index (χ0v) is 17.8. The summed E-state index contributed by atoms with van der Waals surface area (Å²) in [5.41, 5.74) is 0.938. The van der Waals surface area contributed by atoms with E-state index in [1.54, 1.807) is 24.3 Å². The van der Waals surface area contributed by atoms with Gasteiger partial charge in [-0.1, -0.05) is 12.1 Å². The molecule has 7 heteroatoms. The Morgan fingerprint density at radius 2 is 2.04 bits per heavy atom. The van der Waals surface area contributed by atoms with Crippen molar-refractivity contribution in [3.8, 4) is 11.5 Å². The molecule has 28 heavy (non-hydrogen) atoms. The number of ether oxygens (including phenoxy) is 3. The van der Waals surface area contributed by atoms with Gasteiger partial charge in [-0.15, -0.1) is 0 Å². The van der Waals surface area contributed by atoms with Gasteiger partial charge in [-0.2, -0.15) is 0 Å². The fraction of sp³-hybridized carbons (Fsp3) is 0.238. The van der Waals surface area contributed by atoms with Gasteiger partial charge in [0, 0.05) is 0 Å². The fourth-order valence-electron chi connectivity index (χ4n) is 2.60. The molecule has 1 aliphatic heterocycles. The van der Waals surface area contributed by atoms with Gasteiger partial charge >= 0.3 is 5.97 Å². The number of benzene rings is 2. The van der Waals surface area contributed by atoms with E-state index < -0.39 is 11.8 Å². The Kier molecular flexibility index (Phi) is 6.33. The van der Waals surface area contributed by atoms with Gasteiger partial charge in [0.25, 0.3) is 0 Å². The molecule has 0 saturated carbocycles. The fourth-order valence-corrected chi connectivity index (χ4v) is 3.35. The Morgan fingerprint density at radius 3 is 2.71 bits per heavy atom. The maximum absolute atomic E-state index is 13.9. The molecule has 0 fully saturated rings. The first-order valence-electron chi connectivity index (χ1n) is 8.79. The highest BCUT2D eigenvalue weighted by Crippen LogP contribution is 2.36. The van der Waals surface area contributed by atoms with Crippen molar-refractivity contribution in [3.63, 3.8) is 0 Å². The molecule has 0 amide bonds. The topological polar surface area (TPSA) is 57.1 Å². The van der Waals surface area contributed by atoms with Gasteiger partial charge in [0.1, 0.15) is 5.82 Å². The van der Waals surface area contributed by atoms with Gasteiger partial charge in [-0.3, -0.25) is 0 Å². The summed E-state index contributed by atoms with van der Waals surface area (Å²) in [5, 5.41) is 0. The summed E-state index contributed by atoms with van der Waals surface area (Å²) < 4.78 is 31.5. The Hall–Kier alpha value is -2.42. The lowest BCUT2D eigenvalue weighted by Gasteiger charge is -2.16. The van der Waals surface area contributed by atoms with Crippen LogP contribution in [-0.4, -0.2) is 24.6 Å². The highest BCUT2D eigenvalue weighted by Gasteiger charge is 2.26. The molecule has 2 aromatic carbocycles. The normalized spacial score (nSPS) is 15.0. The lowest BCUT2D eigenvalue weighted by atomic mass is 10.1. The molecule has 0 bridgehead atoms. The summed E-state index contributed by atoms with van der Waals surface area (Å²) in [6.45, 7) is 6.24. The Labute approximate surface area is 176 Å². The van der Waals surface area contributed by atoms with E-state index in [4.69, 9.17) is 14.2 Å². The van der Waals surface area contributed by atoms with Crippen LogP contribution < -0.4 is 9.47 Å². The molecule has 1 heterocycles. The second-order valence-corrected chi connectivity index (χ2v) is 7.41. The van der Waals surface area contributed by atoms with E-state index in [2.05, 4.69) is 27.6 Å². The first kappa shape index (κ1) is 20.3. The molecule has 0 aliphatic carbocycles. The van der Waals surface area contributed by atoms with Crippen molar-refractivity contribution in [3.05, 3.63) is 62.6 Å². The standard InChI is InChI=1S/C21H19FINO4/c1-4-26-18-11-13(9-16(23)19(18)27-12(2)3)10-17-21(25)28-20(24-17)14-7-5-6-8-15(14)22/h5-12H,4H2,1-3H3/b17-10-. The van der Waals surface area contributed by atoms with Gasteiger partial charge in [0.05, 0.1) is 21.8 Å². The monoisotopic (exact) mass is 495 g/mol. The third-order valence-electron chi connectivity index (χ3n) is 3.71. The molecule has 0 spiro atoms. The van der Waals surface area contributed by atoms with E-state index >= 15 is 0 Å². The number of carbonyl (C=O) groups is 1. The van der Waals surface area contributed by atoms with Crippen LogP contribution in [-0.2, 0) is 9.53 Å². The predicted octanol–water partition coefficient (Wildman–Crippen LogP) is 4.96. The molecule has 1 aliphatic rings. The zero-order valence-electron chi connectivity index (χ0n) is 15.7. The molecule has 0 saturated heterocycles. The highest BCUT2D eigenvalue weighted by molar-refractivity contribution is 14.1. The van der Waals surface area contributed by atoms with Crippen molar-refractivity contribution >= 4 is 40.5 Å². The van der Waals surface area contributed by atoms with Crippen LogP contribution in [0.5, 0.6) is 11.5 Å². The third kappa shape index (κ3) is 4.52. The number of cyclic esters (lactones) is 1. The number of halogens is 2.